The molecule has 19 heavy (non-hydrogen) atoms. The van der Waals surface area contributed by atoms with Gasteiger partial charge in [0.25, 0.3) is 0 Å². The molecule has 0 radical (unpaired) electrons. The number of fused-ring (bicyclic) bond motifs is 1. The van der Waals surface area contributed by atoms with Gasteiger partial charge in [-0.25, -0.2) is 0 Å². The molecule has 0 bridgehead atoms. The summed E-state index contributed by atoms with van der Waals surface area (Å²) in [6.07, 6.45) is 1.09. The Morgan fingerprint density at radius 3 is 3.00 bits per heavy atom. The van der Waals surface area contributed by atoms with Crippen LogP contribution >= 0.6 is 0 Å². The molecule has 2 heterocycles. The molecule has 0 saturated carbocycles. The van der Waals surface area contributed by atoms with E-state index in [1.165, 1.54) is 0 Å². The summed E-state index contributed by atoms with van der Waals surface area (Å²) in [5.41, 5.74) is 0.655. The number of anilines is 2. The molecule has 0 aliphatic rings. The number of nitrogens with zero attached hydrogens (tertiary/aromatic N) is 4. The number of nitrogens with one attached hydrogen (secondary N) is 2. The lowest BCUT2D eigenvalue weighted by Crippen LogP contribution is -2.32. The highest BCUT2D eigenvalue weighted by molar-refractivity contribution is 5.87. The number of aromatic amines is 1. The normalized spacial score (nSPS) is 12.6. The predicted molar refractivity (Wildman–Crippen MR) is 72.4 cm³/mol. The average Bonchev–Trinajstić information content (AvgIpc) is 2.85. The number of likely N-dealkylation sites (N-methyl/N-ethyl adjacent to an activating group) is 1. The minimum atomic E-state index is -0.579. The molecule has 104 valence electrons. The minimum Gasteiger partial charge on any atom is -0.389 e. The topological polar surface area (TPSA) is 99.2 Å². The van der Waals surface area contributed by atoms with Crippen LogP contribution in [-0.4, -0.2) is 65.7 Å². The van der Waals surface area contributed by atoms with E-state index >= 15 is 0 Å². The SMILES string of the molecule is CNc1nc(N(C)CC(O)COC)c2cn[nH]c2n1. The molecule has 0 aliphatic carbocycles. The third-order valence-electron chi connectivity index (χ3n) is 2.72. The van der Waals surface area contributed by atoms with Gasteiger partial charge in [0.1, 0.15) is 5.82 Å². The Morgan fingerprint density at radius 1 is 1.53 bits per heavy atom. The van der Waals surface area contributed by atoms with Gasteiger partial charge in [0.15, 0.2) is 5.65 Å². The van der Waals surface area contributed by atoms with Gasteiger partial charge in [-0.05, 0) is 0 Å². The van der Waals surface area contributed by atoms with Crippen molar-refractivity contribution in [1.82, 2.24) is 20.2 Å². The van der Waals surface area contributed by atoms with Crippen LogP contribution in [0.15, 0.2) is 6.20 Å². The fourth-order valence-corrected chi connectivity index (χ4v) is 1.87. The molecule has 3 N–H and O–H groups in total. The maximum atomic E-state index is 9.78. The van der Waals surface area contributed by atoms with Gasteiger partial charge >= 0.3 is 0 Å². The number of ether oxygens (including phenoxy) is 1. The summed E-state index contributed by atoms with van der Waals surface area (Å²) in [6.45, 7) is 0.692. The Hall–Kier alpha value is -1.93. The summed E-state index contributed by atoms with van der Waals surface area (Å²) in [7, 11) is 5.16. The molecule has 0 fully saturated rings. The lowest BCUT2D eigenvalue weighted by atomic mass is 10.3. The summed E-state index contributed by atoms with van der Waals surface area (Å²) < 4.78 is 4.92. The molecule has 8 nitrogen and oxygen atoms in total. The van der Waals surface area contributed by atoms with Crippen molar-refractivity contribution in [3.63, 3.8) is 0 Å². The van der Waals surface area contributed by atoms with Gasteiger partial charge in [-0.1, -0.05) is 0 Å². The zero-order valence-corrected chi connectivity index (χ0v) is 11.2. The summed E-state index contributed by atoms with van der Waals surface area (Å²) in [5, 5.41) is 20.3. The minimum absolute atomic E-state index is 0.281. The zero-order chi connectivity index (χ0) is 13.8. The van der Waals surface area contributed by atoms with Crippen molar-refractivity contribution >= 4 is 22.8 Å². The van der Waals surface area contributed by atoms with Crippen molar-refractivity contribution in [2.45, 2.75) is 6.10 Å². The lowest BCUT2D eigenvalue weighted by molar-refractivity contribution is 0.0694. The number of hydrogen-bond acceptors (Lipinski definition) is 7. The number of hydrogen-bond donors (Lipinski definition) is 3. The Bertz CT molecular complexity index is 543. The Labute approximate surface area is 110 Å². The largest absolute Gasteiger partial charge is 0.389 e. The number of aliphatic hydroxyl groups excluding tert-OH is 1. The van der Waals surface area contributed by atoms with Gasteiger partial charge < -0.3 is 20.1 Å². The van der Waals surface area contributed by atoms with Crippen LogP contribution in [0.25, 0.3) is 11.0 Å². The standard InChI is InChI=1S/C11H18N6O2/c1-12-11-14-9-8(4-13-16-9)10(15-11)17(2)5-7(18)6-19-3/h4,7,18H,5-6H2,1-3H3,(H2,12,13,14,15,16). The third kappa shape index (κ3) is 2.91. The smallest absolute Gasteiger partial charge is 0.226 e. The fraction of sp³-hybridized carbons (Fsp3) is 0.545. The number of H-pyrrole nitrogens is 1. The van der Waals surface area contributed by atoms with Crippen LogP contribution in [0.5, 0.6) is 0 Å². The van der Waals surface area contributed by atoms with Crippen molar-refractivity contribution < 1.29 is 9.84 Å². The van der Waals surface area contributed by atoms with E-state index in [1.807, 2.05) is 11.9 Å². The molecule has 0 aromatic carbocycles. The highest BCUT2D eigenvalue weighted by atomic mass is 16.5. The molecular formula is C11H18N6O2. The first-order valence-corrected chi connectivity index (χ1v) is 5.92. The first-order valence-electron chi connectivity index (χ1n) is 5.92. The Kier molecular flexibility index (Phi) is 4.13. The molecule has 1 atom stereocenters. The van der Waals surface area contributed by atoms with Crippen molar-refractivity contribution in [3.05, 3.63) is 6.20 Å². The van der Waals surface area contributed by atoms with Crippen LogP contribution in [0, 0.1) is 0 Å². The maximum Gasteiger partial charge on any atom is 0.226 e. The second-order valence-corrected chi connectivity index (χ2v) is 4.24. The van der Waals surface area contributed by atoms with E-state index in [0.717, 1.165) is 5.39 Å². The first kappa shape index (κ1) is 13.5. The quantitative estimate of drug-likeness (QED) is 0.668. The Balaban J connectivity index is 2.29. The highest BCUT2D eigenvalue weighted by Crippen LogP contribution is 2.22. The van der Waals surface area contributed by atoms with Crippen molar-refractivity contribution in [2.24, 2.45) is 0 Å². The van der Waals surface area contributed by atoms with Gasteiger partial charge in [-0.3, -0.25) is 5.10 Å². The third-order valence-corrected chi connectivity index (χ3v) is 2.72. The van der Waals surface area contributed by atoms with Gasteiger partial charge in [0, 0.05) is 27.7 Å². The van der Waals surface area contributed by atoms with Crippen LogP contribution in [0.3, 0.4) is 0 Å². The molecule has 0 spiro atoms. The molecule has 2 rings (SSSR count). The van der Waals surface area contributed by atoms with Crippen LogP contribution in [0.4, 0.5) is 11.8 Å². The summed E-state index contributed by atoms with van der Waals surface area (Å²) in [5.74, 6) is 1.21. The summed E-state index contributed by atoms with van der Waals surface area (Å²) >= 11 is 0. The number of aromatic nitrogens is 4. The van der Waals surface area contributed by atoms with Crippen LogP contribution in [-0.2, 0) is 4.74 Å². The number of rotatable bonds is 6. The van der Waals surface area contributed by atoms with Gasteiger partial charge in [0.05, 0.1) is 24.3 Å². The van der Waals surface area contributed by atoms with E-state index < -0.39 is 6.10 Å². The monoisotopic (exact) mass is 266 g/mol. The van der Waals surface area contributed by atoms with Crippen LogP contribution in [0.1, 0.15) is 0 Å². The predicted octanol–water partition coefficient (Wildman–Crippen LogP) is -0.162. The van der Waals surface area contributed by atoms with Gasteiger partial charge in [0.2, 0.25) is 5.95 Å². The molecule has 8 heteroatoms. The lowest BCUT2D eigenvalue weighted by Gasteiger charge is -2.22. The van der Waals surface area contributed by atoms with E-state index in [1.54, 1.807) is 20.4 Å². The molecular weight excluding hydrogens is 248 g/mol. The molecule has 0 saturated heterocycles. The van der Waals surface area contributed by atoms with E-state index in [9.17, 15) is 5.11 Å². The van der Waals surface area contributed by atoms with E-state index in [0.29, 0.717) is 24.0 Å². The van der Waals surface area contributed by atoms with Crippen molar-refractivity contribution in [3.8, 4) is 0 Å². The molecule has 2 aromatic rings. The number of aliphatic hydroxyl groups is 1. The van der Waals surface area contributed by atoms with Crippen LogP contribution in [0.2, 0.25) is 0 Å². The Morgan fingerprint density at radius 2 is 2.32 bits per heavy atom. The van der Waals surface area contributed by atoms with Crippen molar-refractivity contribution in [1.29, 1.82) is 0 Å². The zero-order valence-electron chi connectivity index (χ0n) is 11.2. The fourth-order valence-electron chi connectivity index (χ4n) is 1.87. The van der Waals surface area contributed by atoms with Crippen LogP contribution < -0.4 is 10.2 Å². The first-order chi connectivity index (χ1) is 9.15. The number of methoxy groups -OCH3 is 1. The summed E-state index contributed by atoms with van der Waals surface area (Å²) in [4.78, 5) is 10.5. The molecule has 1 unspecified atom stereocenters. The van der Waals surface area contributed by atoms with Gasteiger partial charge in [-0.15, -0.1) is 0 Å². The second-order valence-electron chi connectivity index (χ2n) is 4.24. The van der Waals surface area contributed by atoms with E-state index in [4.69, 9.17) is 4.74 Å². The van der Waals surface area contributed by atoms with Crippen molar-refractivity contribution in [2.75, 3.05) is 44.6 Å². The average molecular weight is 266 g/mol. The molecule has 2 aromatic heterocycles. The molecule has 0 amide bonds. The highest BCUT2D eigenvalue weighted by Gasteiger charge is 2.15. The maximum absolute atomic E-state index is 9.78. The van der Waals surface area contributed by atoms with Gasteiger partial charge in [-0.2, -0.15) is 15.1 Å². The molecule has 0 aliphatic heterocycles. The van der Waals surface area contributed by atoms with E-state index in [-0.39, 0.29) is 6.61 Å². The summed E-state index contributed by atoms with van der Waals surface area (Å²) in [6, 6.07) is 0. The van der Waals surface area contributed by atoms with E-state index in [2.05, 4.69) is 25.5 Å². The second kappa shape index (κ2) is 5.81.